The Morgan fingerprint density at radius 1 is 1.11 bits per heavy atom. The number of nitrogens with zero attached hydrogens (tertiary/aromatic N) is 1. The Hall–Kier alpha value is -2.70. The zero-order chi connectivity index (χ0) is 19.7. The predicted molar refractivity (Wildman–Crippen MR) is 114 cm³/mol. The van der Waals surface area contributed by atoms with E-state index in [1.54, 1.807) is 6.26 Å². The number of H-pyrrole nitrogens is 1. The van der Waals surface area contributed by atoms with Crippen LogP contribution in [0.2, 0.25) is 0 Å². The predicted octanol–water partition coefficient (Wildman–Crippen LogP) is 5.29. The maximum atomic E-state index is 12.8. The third-order valence-corrected chi connectivity index (χ3v) is 5.79. The fraction of sp³-hybridized carbons (Fsp3) is 0.273. The lowest BCUT2D eigenvalue weighted by molar-refractivity contribution is 0.367. The van der Waals surface area contributed by atoms with Crippen molar-refractivity contribution in [3.8, 4) is 11.3 Å². The van der Waals surface area contributed by atoms with Gasteiger partial charge in [0.25, 0.3) is 5.56 Å². The molecule has 4 rings (SSSR count). The van der Waals surface area contributed by atoms with Gasteiger partial charge in [-0.25, -0.2) is 4.98 Å². The van der Waals surface area contributed by atoms with Gasteiger partial charge in [-0.1, -0.05) is 44.2 Å². The van der Waals surface area contributed by atoms with E-state index in [1.807, 2.05) is 42.6 Å². The van der Waals surface area contributed by atoms with Gasteiger partial charge in [-0.3, -0.25) is 4.79 Å². The molecule has 1 aromatic carbocycles. The molecule has 0 saturated carbocycles. The van der Waals surface area contributed by atoms with Crippen LogP contribution < -0.4 is 10.9 Å². The fourth-order valence-electron chi connectivity index (χ4n) is 3.47. The monoisotopic (exact) mass is 393 g/mol. The summed E-state index contributed by atoms with van der Waals surface area (Å²) in [4.78, 5) is 21.2. The third-order valence-electron chi connectivity index (χ3n) is 4.91. The maximum absolute atomic E-state index is 12.8. The van der Waals surface area contributed by atoms with Crippen LogP contribution in [0, 0.1) is 5.92 Å². The van der Waals surface area contributed by atoms with Gasteiger partial charge < -0.3 is 14.7 Å². The second-order valence-electron chi connectivity index (χ2n) is 7.28. The lowest BCUT2D eigenvalue weighted by Crippen LogP contribution is -2.30. The van der Waals surface area contributed by atoms with Gasteiger partial charge in [-0.05, 0) is 30.5 Å². The number of benzene rings is 1. The molecule has 3 aromatic heterocycles. The summed E-state index contributed by atoms with van der Waals surface area (Å²) in [6.45, 7) is 6.40. The number of rotatable bonds is 6. The first-order valence-electron chi connectivity index (χ1n) is 9.41. The van der Waals surface area contributed by atoms with Crippen LogP contribution in [0.5, 0.6) is 0 Å². The summed E-state index contributed by atoms with van der Waals surface area (Å²) in [6.07, 6.45) is 1.61. The molecule has 5 nitrogen and oxygen atoms in total. The number of furan rings is 1. The highest BCUT2D eigenvalue weighted by atomic mass is 32.1. The minimum Gasteiger partial charge on any atom is -0.464 e. The van der Waals surface area contributed by atoms with E-state index in [4.69, 9.17) is 9.40 Å². The number of fused-ring (bicyclic) bond motifs is 1. The van der Waals surface area contributed by atoms with Gasteiger partial charge in [0, 0.05) is 17.0 Å². The first-order chi connectivity index (χ1) is 13.5. The number of aromatic nitrogens is 2. The van der Waals surface area contributed by atoms with Gasteiger partial charge in [-0.2, -0.15) is 0 Å². The number of hydrogen-bond acceptors (Lipinski definition) is 5. The Morgan fingerprint density at radius 3 is 2.57 bits per heavy atom. The van der Waals surface area contributed by atoms with Crippen LogP contribution >= 0.6 is 11.3 Å². The van der Waals surface area contributed by atoms with E-state index in [-0.39, 0.29) is 17.6 Å². The zero-order valence-corrected chi connectivity index (χ0v) is 16.9. The lowest BCUT2D eigenvalue weighted by Gasteiger charge is -2.26. The molecule has 0 aliphatic heterocycles. The molecule has 2 N–H and O–H groups in total. The quantitative estimate of drug-likeness (QED) is 0.467. The summed E-state index contributed by atoms with van der Waals surface area (Å²) in [5.41, 5.74) is 1.88. The van der Waals surface area contributed by atoms with Crippen LogP contribution in [-0.4, -0.2) is 9.97 Å². The van der Waals surface area contributed by atoms with Crippen molar-refractivity contribution < 1.29 is 4.42 Å². The number of nitrogens with one attached hydrogen (secondary N) is 2. The second-order valence-corrected chi connectivity index (χ2v) is 8.14. The molecule has 0 fully saturated rings. The average molecular weight is 394 g/mol. The van der Waals surface area contributed by atoms with Gasteiger partial charge in [-0.15, -0.1) is 11.3 Å². The van der Waals surface area contributed by atoms with Crippen molar-refractivity contribution >= 4 is 21.6 Å². The SMILES string of the molecule is CC(C)[C@H](N[C@H](C)c1nc2scc(-c3ccco3)c2c(=O)[nH]1)c1ccccc1. The molecule has 0 unspecified atom stereocenters. The molecule has 144 valence electrons. The highest BCUT2D eigenvalue weighted by Gasteiger charge is 2.21. The van der Waals surface area contributed by atoms with Gasteiger partial charge in [0.1, 0.15) is 16.4 Å². The van der Waals surface area contributed by atoms with Crippen molar-refractivity contribution in [2.75, 3.05) is 0 Å². The molecule has 0 saturated heterocycles. The molecular formula is C22H23N3O2S. The summed E-state index contributed by atoms with van der Waals surface area (Å²) >= 11 is 1.46. The van der Waals surface area contributed by atoms with Crippen molar-refractivity contribution in [3.63, 3.8) is 0 Å². The average Bonchev–Trinajstić information content (AvgIpc) is 3.35. The summed E-state index contributed by atoms with van der Waals surface area (Å²) < 4.78 is 5.46. The van der Waals surface area contributed by atoms with Crippen LogP contribution in [0.4, 0.5) is 0 Å². The molecule has 4 aromatic rings. The maximum Gasteiger partial charge on any atom is 0.260 e. The van der Waals surface area contributed by atoms with Crippen molar-refractivity contribution in [2.45, 2.75) is 32.9 Å². The molecule has 2 atom stereocenters. The first kappa shape index (κ1) is 18.7. The molecule has 0 aliphatic carbocycles. The van der Waals surface area contributed by atoms with E-state index < -0.39 is 0 Å². The Labute approximate surface area is 167 Å². The summed E-state index contributed by atoms with van der Waals surface area (Å²) in [6, 6.07) is 14.1. The highest BCUT2D eigenvalue weighted by molar-refractivity contribution is 7.17. The molecule has 0 bridgehead atoms. The summed E-state index contributed by atoms with van der Waals surface area (Å²) in [7, 11) is 0. The highest BCUT2D eigenvalue weighted by Crippen LogP contribution is 2.31. The molecule has 0 radical (unpaired) electrons. The van der Waals surface area contributed by atoms with E-state index >= 15 is 0 Å². The smallest absolute Gasteiger partial charge is 0.260 e. The van der Waals surface area contributed by atoms with Gasteiger partial charge in [0.15, 0.2) is 0 Å². The Bertz CT molecular complexity index is 1110. The van der Waals surface area contributed by atoms with Gasteiger partial charge in [0.05, 0.1) is 17.7 Å². The molecule has 3 heterocycles. The van der Waals surface area contributed by atoms with Crippen molar-refractivity contribution in [2.24, 2.45) is 5.92 Å². The van der Waals surface area contributed by atoms with Gasteiger partial charge in [0.2, 0.25) is 0 Å². The Balaban J connectivity index is 1.66. The molecule has 28 heavy (non-hydrogen) atoms. The van der Waals surface area contributed by atoms with Crippen LogP contribution in [0.25, 0.3) is 21.5 Å². The number of aromatic amines is 1. The normalized spacial score (nSPS) is 13.9. The van der Waals surface area contributed by atoms with Gasteiger partial charge >= 0.3 is 0 Å². The van der Waals surface area contributed by atoms with E-state index in [0.717, 1.165) is 10.4 Å². The zero-order valence-electron chi connectivity index (χ0n) is 16.1. The molecule has 0 amide bonds. The molecule has 0 aliphatic rings. The van der Waals surface area contributed by atoms with Crippen molar-refractivity contribution in [3.05, 3.63) is 75.8 Å². The van der Waals surface area contributed by atoms with Crippen molar-refractivity contribution in [1.29, 1.82) is 0 Å². The van der Waals surface area contributed by atoms with E-state index in [2.05, 4.69) is 36.3 Å². The Morgan fingerprint density at radius 2 is 1.89 bits per heavy atom. The van der Waals surface area contributed by atoms with E-state index in [0.29, 0.717) is 22.9 Å². The topological polar surface area (TPSA) is 70.9 Å². The third kappa shape index (κ3) is 3.53. The minimum absolute atomic E-state index is 0.0983. The minimum atomic E-state index is -0.137. The largest absolute Gasteiger partial charge is 0.464 e. The number of thiophene rings is 1. The molecule has 0 spiro atoms. The van der Waals surface area contributed by atoms with Crippen LogP contribution in [0.15, 0.2) is 63.3 Å². The second kappa shape index (κ2) is 7.73. The van der Waals surface area contributed by atoms with Crippen LogP contribution in [0.3, 0.4) is 0 Å². The van der Waals surface area contributed by atoms with Crippen molar-refractivity contribution in [1.82, 2.24) is 15.3 Å². The van der Waals surface area contributed by atoms with E-state index in [1.165, 1.54) is 16.9 Å². The first-order valence-corrected chi connectivity index (χ1v) is 10.3. The lowest BCUT2D eigenvalue weighted by atomic mass is 9.95. The summed E-state index contributed by atoms with van der Waals surface area (Å²) in [5.74, 6) is 1.72. The van der Waals surface area contributed by atoms with Crippen LogP contribution in [0.1, 0.15) is 44.2 Å². The fourth-order valence-corrected chi connectivity index (χ4v) is 4.40. The number of hydrogen-bond donors (Lipinski definition) is 2. The summed E-state index contributed by atoms with van der Waals surface area (Å²) in [5, 5.41) is 6.14. The standard InChI is InChI=1S/C22H23N3O2S/c1-13(2)19(15-8-5-4-6-9-15)23-14(3)20-24-21(26)18-16(12-28-22(18)25-20)17-10-7-11-27-17/h4-14,19,23H,1-3H3,(H,24,25,26)/t14-,19+/m1/s1. The molecular weight excluding hydrogens is 370 g/mol. The van der Waals surface area contributed by atoms with Crippen LogP contribution in [-0.2, 0) is 0 Å². The molecule has 6 heteroatoms. The Kier molecular flexibility index (Phi) is 5.15. The van der Waals surface area contributed by atoms with E-state index in [9.17, 15) is 4.79 Å².